The van der Waals surface area contributed by atoms with Gasteiger partial charge in [-0.15, -0.1) is 11.3 Å². The highest BCUT2D eigenvalue weighted by Gasteiger charge is 2.28. The van der Waals surface area contributed by atoms with Gasteiger partial charge in [0.1, 0.15) is 17.3 Å². The van der Waals surface area contributed by atoms with Gasteiger partial charge in [0.05, 0.1) is 5.01 Å². The molecule has 3 aromatic rings. The van der Waals surface area contributed by atoms with Crippen LogP contribution in [0.1, 0.15) is 50.9 Å². The van der Waals surface area contributed by atoms with Gasteiger partial charge in [-0.2, -0.15) is 0 Å². The minimum Gasteiger partial charge on any atom is -0.484 e. The smallest absolute Gasteiger partial charge is 0.273 e. The summed E-state index contributed by atoms with van der Waals surface area (Å²) in [6.07, 6.45) is 1.66. The number of benzene rings is 2. The van der Waals surface area contributed by atoms with Crippen LogP contribution < -0.4 is 4.74 Å². The van der Waals surface area contributed by atoms with E-state index in [1.165, 1.54) is 17.7 Å². The number of likely N-dealkylation sites (tertiary alicyclic amines) is 1. The maximum Gasteiger partial charge on any atom is 0.273 e. The van der Waals surface area contributed by atoms with Crippen molar-refractivity contribution in [1.29, 1.82) is 0 Å². The Morgan fingerprint density at radius 2 is 1.67 bits per heavy atom. The molecule has 2 fully saturated rings. The predicted molar refractivity (Wildman–Crippen MR) is 150 cm³/mol. The first-order chi connectivity index (χ1) is 18.9. The molecule has 2 saturated heterocycles. The van der Waals surface area contributed by atoms with E-state index in [4.69, 9.17) is 9.72 Å². The standard InChI is InChI=1S/C30H35FN4O3S/c1-21-3-8-26(17-22(21)2)38-19-28(36)34-11-9-24(10-12-34)29-32-27(20-39-29)30(37)35-15-13-33(14-16-35)18-23-4-6-25(31)7-5-23/h3-8,17,20,24H,9-16,18-19H2,1-2H3. The van der Waals surface area contributed by atoms with Crippen molar-refractivity contribution in [1.82, 2.24) is 19.7 Å². The molecule has 7 nitrogen and oxygen atoms in total. The molecule has 39 heavy (non-hydrogen) atoms. The molecule has 0 bridgehead atoms. The number of piperazine rings is 1. The molecule has 0 N–H and O–H groups in total. The van der Waals surface area contributed by atoms with E-state index in [1.807, 2.05) is 52.4 Å². The summed E-state index contributed by atoms with van der Waals surface area (Å²) in [6, 6.07) is 12.5. The number of thiazole rings is 1. The highest BCUT2D eigenvalue weighted by atomic mass is 32.1. The molecule has 0 spiro atoms. The first-order valence-electron chi connectivity index (χ1n) is 13.5. The van der Waals surface area contributed by atoms with E-state index >= 15 is 0 Å². The van der Waals surface area contributed by atoms with Crippen LogP contribution in [0.4, 0.5) is 4.39 Å². The molecule has 0 radical (unpaired) electrons. The van der Waals surface area contributed by atoms with Gasteiger partial charge in [-0.05, 0) is 67.6 Å². The van der Waals surface area contributed by atoms with Crippen molar-refractivity contribution in [3.8, 4) is 5.75 Å². The Labute approximate surface area is 233 Å². The van der Waals surface area contributed by atoms with Crippen molar-refractivity contribution >= 4 is 23.2 Å². The van der Waals surface area contributed by atoms with Crippen molar-refractivity contribution in [3.05, 3.63) is 81.1 Å². The summed E-state index contributed by atoms with van der Waals surface area (Å²) in [5.74, 6) is 0.731. The van der Waals surface area contributed by atoms with Gasteiger partial charge >= 0.3 is 0 Å². The summed E-state index contributed by atoms with van der Waals surface area (Å²) in [6.45, 7) is 9.06. The molecule has 9 heteroatoms. The second kappa shape index (κ2) is 12.3. The largest absolute Gasteiger partial charge is 0.484 e. The van der Waals surface area contributed by atoms with Gasteiger partial charge in [-0.3, -0.25) is 14.5 Å². The number of nitrogens with zero attached hydrogens (tertiary/aromatic N) is 4. The summed E-state index contributed by atoms with van der Waals surface area (Å²) in [5, 5.41) is 2.85. The number of carbonyl (C=O) groups excluding carboxylic acids is 2. The molecule has 5 rings (SSSR count). The van der Waals surface area contributed by atoms with Gasteiger partial charge in [0.2, 0.25) is 0 Å². The summed E-state index contributed by atoms with van der Waals surface area (Å²) in [7, 11) is 0. The Morgan fingerprint density at radius 1 is 0.949 bits per heavy atom. The van der Waals surface area contributed by atoms with Crippen LogP contribution in [-0.4, -0.2) is 77.4 Å². The molecule has 2 amide bonds. The molecular formula is C30H35FN4O3S. The van der Waals surface area contributed by atoms with Crippen LogP contribution in [0, 0.1) is 19.7 Å². The number of rotatable bonds is 7. The number of ether oxygens (including phenoxy) is 1. The number of amides is 2. The van der Waals surface area contributed by atoms with Gasteiger partial charge in [0.15, 0.2) is 6.61 Å². The fraction of sp³-hybridized carbons (Fsp3) is 0.433. The lowest BCUT2D eigenvalue weighted by atomic mass is 9.97. The van der Waals surface area contributed by atoms with Crippen LogP contribution in [0.5, 0.6) is 5.75 Å². The molecule has 0 aliphatic carbocycles. The van der Waals surface area contributed by atoms with Crippen molar-refractivity contribution in [2.24, 2.45) is 0 Å². The van der Waals surface area contributed by atoms with Crippen molar-refractivity contribution < 1.29 is 18.7 Å². The SMILES string of the molecule is Cc1ccc(OCC(=O)N2CCC(c3nc(C(=O)N4CCN(Cc5ccc(F)cc5)CC4)cs3)CC2)cc1C. The summed E-state index contributed by atoms with van der Waals surface area (Å²) >= 11 is 1.54. The lowest BCUT2D eigenvalue weighted by Crippen LogP contribution is -2.48. The summed E-state index contributed by atoms with van der Waals surface area (Å²) < 4.78 is 18.9. The van der Waals surface area contributed by atoms with Crippen LogP contribution >= 0.6 is 11.3 Å². The average molecular weight is 551 g/mol. The number of halogens is 1. The first kappa shape index (κ1) is 27.3. The van der Waals surface area contributed by atoms with Crippen LogP contribution in [0.25, 0.3) is 0 Å². The molecule has 2 aliphatic rings. The second-order valence-corrected chi connectivity index (χ2v) is 11.3. The predicted octanol–water partition coefficient (Wildman–Crippen LogP) is 4.64. The second-order valence-electron chi connectivity index (χ2n) is 10.5. The van der Waals surface area contributed by atoms with Gasteiger partial charge < -0.3 is 14.5 Å². The van der Waals surface area contributed by atoms with E-state index in [1.54, 1.807) is 11.3 Å². The van der Waals surface area contributed by atoms with E-state index in [2.05, 4.69) is 11.8 Å². The molecule has 206 valence electrons. The molecule has 0 atom stereocenters. The third kappa shape index (κ3) is 6.83. The van der Waals surface area contributed by atoms with Crippen LogP contribution in [0.2, 0.25) is 0 Å². The number of aryl methyl sites for hydroxylation is 2. The van der Waals surface area contributed by atoms with Crippen LogP contribution in [0.3, 0.4) is 0 Å². The van der Waals surface area contributed by atoms with Crippen LogP contribution in [0.15, 0.2) is 47.8 Å². The minimum absolute atomic E-state index is 0.000235. The number of aromatic nitrogens is 1. The van der Waals surface area contributed by atoms with Crippen molar-refractivity contribution in [3.63, 3.8) is 0 Å². The van der Waals surface area contributed by atoms with Gasteiger partial charge in [0.25, 0.3) is 11.8 Å². The fourth-order valence-electron chi connectivity index (χ4n) is 5.11. The molecule has 0 unspecified atom stereocenters. The maximum absolute atomic E-state index is 13.2. The van der Waals surface area contributed by atoms with Crippen molar-refractivity contribution in [2.75, 3.05) is 45.9 Å². The Kier molecular flexibility index (Phi) is 8.57. The normalized spacial score (nSPS) is 16.9. The number of piperidine rings is 1. The third-order valence-corrected chi connectivity index (χ3v) is 8.76. The average Bonchev–Trinajstić information content (AvgIpc) is 3.45. The number of hydrogen-bond acceptors (Lipinski definition) is 6. The van der Waals surface area contributed by atoms with Gasteiger partial charge in [0, 0.05) is 57.1 Å². The van der Waals surface area contributed by atoms with E-state index < -0.39 is 0 Å². The third-order valence-electron chi connectivity index (χ3n) is 7.76. The fourth-order valence-corrected chi connectivity index (χ4v) is 6.07. The molecular weight excluding hydrogens is 515 g/mol. The topological polar surface area (TPSA) is 66.0 Å². The number of carbonyl (C=O) groups is 2. The molecule has 2 aliphatic heterocycles. The Morgan fingerprint density at radius 3 is 2.36 bits per heavy atom. The zero-order valence-electron chi connectivity index (χ0n) is 22.6. The highest BCUT2D eigenvalue weighted by Crippen LogP contribution is 2.31. The summed E-state index contributed by atoms with van der Waals surface area (Å²) in [5.41, 5.74) is 3.93. The Balaban J connectivity index is 1.06. The lowest BCUT2D eigenvalue weighted by Gasteiger charge is -2.34. The van der Waals surface area contributed by atoms with E-state index in [9.17, 15) is 14.0 Å². The zero-order valence-corrected chi connectivity index (χ0v) is 23.4. The minimum atomic E-state index is -0.227. The Bertz CT molecular complexity index is 1300. The molecule has 2 aromatic carbocycles. The quantitative estimate of drug-likeness (QED) is 0.429. The molecule has 1 aromatic heterocycles. The monoisotopic (exact) mass is 550 g/mol. The molecule has 3 heterocycles. The maximum atomic E-state index is 13.2. The van der Waals surface area contributed by atoms with E-state index in [0.717, 1.165) is 54.4 Å². The molecule has 0 saturated carbocycles. The first-order valence-corrected chi connectivity index (χ1v) is 14.4. The highest BCUT2D eigenvalue weighted by molar-refractivity contribution is 7.09. The van der Waals surface area contributed by atoms with Crippen molar-refractivity contribution in [2.45, 2.75) is 39.2 Å². The van der Waals surface area contributed by atoms with E-state index in [-0.39, 0.29) is 30.2 Å². The summed E-state index contributed by atoms with van der Waals surface area (Å²) in [4.78, 5) is 36.5. The number of hydrogen-bond donors (Lipinski definition) is 0. The van der Waals surface area contributed by atoms with E-state index in [0.29, 0.717) is 31.9 Å². The zero-order chi connectivity index (χ0) is 27.4. The van der Waals surface area contributed by atoms with Crippen LogP contribution in [-0.2, 0) is 11.3 Å². The van der Waals surface area contributed by atoms with Gasteiger partial charge in [-0.25, -0.2) is 9.37 Å². The Hall–Kier alpha value is -3.30. The van der Waals surface area contributed by atoms with Gasteiger partial charge in [-0.1, -0.05) is 18.2 Å². The lowest BCUT2D eigenvalue weighted by molar-refractivity contribution is -0.134.